The van der Waals surface area contributed by atoms with Gasteiger partial charge in [-0.15, -0.1) is 12.4 Å². The number of rotatable bonds is 2. The first-order chi connectivity index (χ1) is 10.8. The molecule has 0 spiro atoms. The molecule has 6 atom stereocenters. The number of nitrogens with one attached hydrogen (secondary N) is 2. The second kappa shape index (κ2) is 5.78. The van der Waals surface area contributed by atoms with Crippen LogP contribution in [0.1, 0.15) is 49.1 Å². The third-order valence-corrected chi connectivity index (χ3v) is 6.53. The third kappa shape index (κ3) is 2.49. The van der Waals surface area contributed by atoms with Gasteiger partial charge in [-0.25, -0.2) is 0 Å². The van der Waals surface area contributed by atoms with Crippen LogP contribution in [-0.4, -0.2) is 24.0 Å². The topological polar surface area (TPSA) is 41.1 Å². The van der Waals surface area contributed by atoms with E-state index in [9.17, 15) is 4.79 Å². The fourth-order valence-electron chi connectivity index (χ4n) is 5.33. The fourth-order valence-corrected chi connectivity index (χ4v) is 5.33. The molecule has 1 aromatic rings. The second-order valence-corrected chi connectivity index (χ2v) is 7.73. The Labute approximate surface area is 144 Å². The van der Waals surface area contributed by atoms with Crippen molar-refractivity contribution in [1.82, 2.24) is 10.6 Å². The van der Waals surface area contributed by atoms with Crippen LogP contribution in [0.5, 0.6) is 0 Å². The van der Waals surface area contributed by atoms with E-state index in [4.69, 9.17) is 0 Å². The smallest absolute Gasteiger partial charge is 0.237 e. The van der Waals surface area contributed by atoms with Crippen molar-refractivity contribution in [3.05, 3.63) is 35.4 Å². The maximum atomic E-state index is 12.6. The highest BCUT2D eigenvalue weighted by molar-refractivity contribution is 5.85. The van der Waals surface area contributed by atoms with Gasteiger partial charge < -0.3 is 10.6 Å². The van der Waals surface area contributed by atoms with Gasteiger partial charge in [-0.1, -0.05) is 37.1 Å². The molecular weight excluding hydrogens is 308 g/mol. The van der Waals surface area contributed by atoms with Gasteiger partial charge in [0, 0.05) is 18.0 Å². The molecule has 1 aromatic carbocycles. The summed E-state index contributed by atoms with van der Waals surface area (Å²) in [4.78, 5) is 12.6. The fraction of sp³-hybridized carbons (Fsp3) is 0.632. The lowest BCUT2D eigenvalue weighted by Gasteiger charge is -2.24. The van der Waals surface area contributed by atoms with Crippen LogP contribution in [0.3, 0.4) is 0 Å². The highest BCUT2D eigenvalue weighted by Crippen LogP contribution is 2.56. The molecule has 0 radical (unpaired) electrons. The van der Waals surface area contributed by atoms with Gasteiger partial charge in [0.05, 0.1) is 6.04 Å². The molecule has 0 bridgehead atoms. The molecule has 1 amide bonds. The van der Waals surface area contributed by atoms with Gasteiger partial charge in [-0.05, 0) is 48.6 Å². The van der Waals surface area contributed by atoms with Crippen molar-refractivity contribution in [3.63, 3.8) is 0 Å². The van der Waals surface area contributed by atoms with Gasteiger partial charge in [0.15, 0.2) is 0 Å². The molecule has 1 heterocycles. The van der Waals surface area contributed by atoms with Crippen LogP contribution in [0.4, 0.5) is 0 Å². The number of amides is 1. The molecular formula is C19H25ClN2O. The van der Waals surface area contributed by atoms with E-state index in [-0.39, 0.29) is 24.4 Å². The van der Waals surface area contributed by atoms with Crippen molar-refractivity contribution in [1.29, 1.82) is 0 Å². The summed E-state index contributed by atoms with van der Waals surface area (Å²) in [5.74, 6) is 2.24. The van der Waals surface area contributed by atoms with Crippen LogP contribution >= 0.6 is 12.4 Å². The molecule has 3 nitrogen and oxygen atoms in total. The lowest BCUT2D eigenvalue weighted by Crippen LogP contribution is -2.44. The predicted octanol–water partition coefficient (Wildman–Crippen LogP) is 2.78. The summed E-state index contributed by atoms with van der Waals surface area (Å²) < 4.78 is 0. The number of carbonyl (C=O) groups excluding carboxylic acids is 1. The highest BCUT2D eigenvalue weighted by Gasteiger charge is 2.56. The Balaban J connectivity index is 0.00000135. The second-order valence-electron chi connectivity index (χ2n) is 7.73. The zero-order valence-corrected chi connectivity index (χ0v) is 14.1. The van der Waals surface area contributed by atoms with Crippen molar-refractivity contribution >= 4 is 18.3 Å². The minimum absolute atomic E-state index is 0. The largest absolute Gasteiger partial charge is 0.351 e. The number of hydrogen-bond donors (Lipinski definition) is 2. The molecule has 1 aliphatic heterocycles. The molecule has 3 aliphatic carbocycles. The Morgan fingerprint density at radius 2 is 2.00 bits per heavy atom. The van der Waals surface area contributed by atoms with E-state index in [2.05, 4.69) is 34.9 Å². The minimum atomic E-state index is 0. The maximum Gasteiger partial charge on any atom is 0.237 e. The molecule has 2 N–H and O–H groups in total. The van der Waals surface area contributed by atoms with Crippen LogP contribution in [0.15, 0.2) is 24.3 Å². The van der Waals surface area contributed by atoms with Crippen LogP contribution in [-0.2, 0) is 11.2 Å². The monoisotopic (exact) mass is 332 g/mol. The van der Waals surface area contributed by atoms with Crippen molar-refractivity contribution in [2.75, 3.05) is 0 Å². The third-order valence-electron chi connectivity index (χ3n) is 6.53. The van der Waals surface area contributed by atoms with Crippen molar-refractivity contribution in [2.24, 2.45) is 11.8 Å². The van der Waals surface area contributed by atoms with Gasteiger partial charge in [0.1, 0.15) is 0 Å². The van der Waals surface area contributed by atoms with E-state index in [1.54, 1.807) is 0 Å². The molecule has 5 rings (SSSR count). The standard InChI is InChI=1S/C19H24N2O.ClH/c22-19(16-10-12-6-2-4-8-15(12)20-16)21-18-14-9-11-5-1-3-7-13(11)17(14)18;/h1,3,5,7,12,14-18,20H,2,4,6,8-10H2,(H,21,22);1H. The van der Waals surface area contributed by atoms with Gasteiger partial charge in [-0.3, -0.25) is 4.79 Å². The SMILES string of the molecule is Cl.O=C(NC1C2Cc3ccccc3C21)C1CC2CCCCC2N1. The summed E-state index contributed by atoms with van der Waals surface area (Å²) in [5.41, 5.74) is 2.97. The van der Waals surface area contributed by atoms with Crippen LogP contribution in [0.25, 0.3) is 0 Å². The Hall–Kier alpha value is -1.06. The lowest BCUT2D eigenvalue weighted by atomic mass is 9.85. The normalized spacial score (nSPS) is 39.7. The molecule has 3 fully saturated rings. The lowest BCUT2D eigenvalue weighted by molar-refractivity contribution is -0.123. The molecule has 124 valence electrons. The zero-order valence-electron chi connectivity index (χ0n) is 13.3. The van der Waals surface area contributed by atoms with Gasteiger partial charge in [0.25, 0.3) is 0 Å². The number of carbonyl (C=O) groups is 1. The van der Waals surface area contributed by atoms with Crippen LogP contribution in [0, 0.1) is 11.8 Å². The van der Waals surface area contributed by atoms with E-state index in [0.29, 0.717) is 23.9 Å². The molecule has 23 heavy (non-hydrogen) atoms. The van der Waals surface area contributed by atoms with E-state index in [1.807, 2.05) is 0 Å². The first-order valence-corrected chi connectivity index (χ1v) is 8.95. The van der Waals surface area contributed by atoms with Crippen LogP contribution in [0.2, 0.25) is 0 Å². The highest BCUT2D eigenvalue weighted by atomic mass is 35.5. The summed E-state index contributed by atoms with van der Waals surface area (Å²) in [7, 11) is 0. The van der Waals surface area contributed by atoms with Gasteiger partial charge in [-0.2, -0.15) is 0 Å². The number of hydrogen-bond acceptors (Lipinski definition) is 2. The predicted molar refractivity (Wildman–Crippen MR) is 92.8 cm³/mol. The summed E-state index contributed by atoms with van der Waals surface area (Å²) in [6.07, 6.45) is 7.44. The van der Waals surface area contributed by atoms with Gasteiger partial charge >= 0.3 is 0 Å². The van der Waals surface area contributed by atoms with Crippen molar-refractivity contribution < 1.29 is 4.79 Å². The number of halogens is 1. The van der Waals surface area contributed by atoms with Crippen molar-refractivity contribution in [3.8, 4) is 0 Å². The molecule has 0 aromatic heterocycles. The Kier molecular flexibility index (Phi) is 3.89. The molecule has 4 heteroatoms. The summed E-state index contributed by atoms with van der Waals surface area (Å²) in [5, 5.41) is 6.95. The minimum Gasteiger partial charge on any atom is -0.351 e. The Morgan fingerprint density at radius 3 is 2.87 bits per heavy atom. The van der Waals surface area contributed by atoms with Gasteiger partial charge in [0.2, 0.25) is 5.91 Å². The zero-order chi connectivity index (χ0) is 14.7. The van der Waals surface area contributed by atoms with E-state index in [1.165, 1.54) is 36.8 Å². The summed E-state index contributed by atoms with van der Waals surface area (Å²) in [6.45, 7) is 0. The van der Waals surface area contributed by atoms with E-state index in [0.717, 1.165) is 18.8 Å². The Bertz CT molecular complexity index is 605. The molecule has 1 saturated heterocycles. The molecule has 2 saturated carbocycles. The first-order valence-electron chi connectivity index (χ1n) is 8.95. The Morgan fingerprint density at radius 1 is 1.17 bits per heavy atom. The molecule has 6 unspecified atom stereocenters. The average molecular weight is 333 g/mol. The number of fused-ring (bicyclic) bond motifs is 4. The maximum absolute atomic E-state index is 12.6. The summed E-state index contributed by atoms with van der Waals surface area (Å²) >= 11 is 0. The van der Waals surface area contributed by atoms with E-state index < -0.39 is 0 Å². The quantitative estimate of drug-likeness (QED) is 0.874. The molecule has 4 aliphatic rings. The van der Waals surface area contributed by atoms with Crippen molar-refractivity contribution in [2.45, 2.75) is 62.6 Å². The van der Waals surface area contributed by atoms with Crippen LogP contribution < -0.4 is 10.6 Å². The number of benzene rings is 1. The first kappa shape index (κ1) is 15.5. The summed E-state index contributed by atoms with van der Waals surface area (Å²) in [6, 6.07) is 9.79. The van der Waals surface area contributed by atoms with E-state index >= 15 is 0 Å². The average Bonchev–Trinajstić information content (AvgIpc) is 2.92.